The van der Waals surface area contributed by atoms with Gasteiger partial charge in [-0.15, -0.1) is 0 Å². The highest BCUT2D eigenvalue weighted by Crippen LogP contribution is 2.06. The van der Waals surface area contributed by atoms with Crippen molar-refractivity contribution in [2.75, 3.05) is 12.3 Å². The highest BCUT2D eigenvalue weighted by molar-refractivity contribution is 5.78. The van der Waals surface area contributed by atoms with Crippen LogP contribution in [0.4, 0.5) is 5.69 Å². The minimum Gasteiger partial charge on any atom is -0.397 e. The first-order valence-corrected chi connectivity index (χ1v) is 5.54. The Morgan fingerprint density at radius 1 is 1.50 bits per heavy atom. The van der Waals surface area contributed by atoms with Gasteiger partial charge in [-0.25, -0.2) is 0 Å². The summed E-state index contributed by atoms with van der Waals surface area (Å²) in [6.45, 7) is 6.73. The summed E-state index contributed by atoms with van der Waals surface area (Å²) in [7, 11) is 0. The van der Waals surface area contributed by atoms with Crippen molar-refractivity contribution in [2.45, 2.75) is 33.2 Å². The lowest BCUT2D eigenvalue weighted by Gasteiger charge is -2.25. The van der Waals surface area contributed by atoms with Crippen molar-refractivity contribution in [3.63, 3.8) is 0 Å². The molecule has 0 aliphatic carbocycles. The number of pyridine rings is 1. The minimum atomic E-state index is 0.106. The Balaban J connectivity index is 2.66. The third kappa shape index (κ3) is 3.22. The SMILES string of the molecule is CCN(C(=O)Cc1ccc(N)cn1)C(C)C. The van der Waals surface area contributed by atoms with Crippen LogP contribution in [0.5, 0.6) is 0 Å². The number of amides is 1. The van der Waals surface area contributed by atoms with E-state index in [0.717, 1.165) is 12.2 Å². The average Bonchev–Trinajstić information content (AvgIpc) is 2.22. The number of anilines is 1. The lowest BCUT2D eigenvalue weighted by molar-refractivity contribution is -0.131. The fraction of sp³-hybridized carbons (Fsp3) is 0.500. The predicted octanol–water partition coefficient (Wildman–Crippen LogP) is 1.46. The highest BCUT2D eigenvalue weighted by atomic mass is 16.2. The fourth-order valence-electron chi connectivity index (χ4n) is 1.63. The second kappa shape index (κ2) is 5.49. The molecule has 0 spiro atoms. The van der Waals surface area contributed by atoms with E-state index in [9.17, 15) is 4.79 Å². The van der Waals surface area contributed by atoms with Gasteiger partial charge in [-0.3, -0.25) is 9.78 Å². The van der Waals surface area contributed by atoms with E-state index < -0.39 is 0 Å². The molecule has 0 aliphatic heterocycles. The van der Waals surface area contributed by atoms with E-state index >= 15 is 0 Å². The molecule has 1 amide bonds. The molecule has 4 nitrogen and oxygen atoms in total. The van der Waals surface area contributed by atoms with Crippen molar-refractivity contribution in [2.24, 2.45) is 0 Å². The largest absolute Gasteiger partial charge is 0.397 e. The number of rotatable bonds is 4. The van der Waals surface area contributed by atoms with Crippen molar-refractivity contribution >= 4 is 11.6 Å². The summed E-state index contributed by atoms with van der Waals surface area (Å²) >= 11 is 0. The number of hydrogen-bond donors (Lipinski definition) is 1. The van der Waals surface area contributed by atoms with Crippen molar-refractivity contribution in [3.8, 4) is 0 Å². The summed E-state index contributed by atoms with van der Waals surface area (Å²) in [6.07, 6.45) is 1.92. The van der Waals surface area contributed by atoms with E-state index in [4.69, 9.17) is 5.73 Å². The Morgan fingerprint density at radius 3 is 2.62 bits per heavy atom. The van der Waals surface area contributed by atoms with Gasteiger partial charge < -0.3 is 10.6 Å². The van der Waals surface area contributed by atoms with Crippen LogP contribution in [0.15, 0.2) is 18.3 Å². The van der Waals surface area contributed by atoms with Gasteiger partial charge in [0.2, 0.25) is 5.91 Å². The maximum absolute atomic E-state index is 11.9. The van der Waals surface area contributed by atoms with Gasteiger partial charge in [-0.1, -0.05) is 0 Å². The molecule has 1 aromatic rings. The average molecular weight is 221 g/mol. The Morgan fingerprint density at radius 2 is 2.19 bits per heavy atom. The summed E-state index contributed by atoms with van der Waals surface area (Å²) in [6, 6.07) is 3.79. The van der Waals surface area contributed by atoms with Crippen LogP contribution < -0.4 is 5.73 Å². The van der Waals surface area contributed by atoms with Gasteiger partial charge in [0.05, 0.1) is 18.3 Å². The number of nitrogens with two attached hydrogens (primary N) is 1. The van der Waals surface area contributed by atoms with Gasteiger partial charge in [-0.05, 0) is 32.9 Å². The van der Waals surface area contributed by atoms with Crippen LogP contribution in [0.25, 0.3) is 0 Å². The molecular formula is C12H19N3O. The van der Waals surface area contributed by atoms with E-state index in [1.54, 1.807) is 18.3 Å². The first-order valence-electron chi connectivity index (χ1n) is 5.54. The Kier molecular flexibility index (Phi) is 4.28. The quantitative estimate of drug-likeness (QED) is 0.837. The molecule has 1 aromatic heterocycles. The molecular weight excluding hydrogens is 202 g/mol. The van der Waals surface area contributed by atoms with E-state index in [1.165, 1.54) is 0 Å². The minimum absolute atomic E-state index is 0.106. The zero-order chi connectivity index (χ0) is 12.1. The molecule has 0 aromatic carbocycles. The molecule has 16 heavy (non-hydrogen) atoms. The fourth-order valence-corrected chi connectivity index (χ4v) is 1.63. The van der Waals surface area contributed by atoms with E-state index in [-0.39, 0.29) is 11.9 Å². The van der Waals surface area contributed by atoms with Crippen LogP contribution in [0.1, 0.15) is 26.5 Å². The molecule has 0 atom stereocenters. The normalized spacial score (nSPS) is 10.5. The molecule has 0 radical (unpaired) electrons. The van der Waals surface area contributed by atoms with E-state index in [0.29, 0.717) is 12.1 Å². The molecule has 0 aliphatic rings. The Labute approximate surface area is 96.5 Å². The molecule has 4 heteroatoms. The van der Waals surface area contributed by atoms with Crippen molar-refractivity contribution in [1.82, 2.24) is 9.88 Å². The van der Waals surface area contributed by atoms with Gasteiger partial charge in [0.15, 0.2) is 0 Å². The second-order valence-corrected chi connectivity index (χ2v) is 4.03. The molecule has 0 saturated heterocycles. The number of carbonyl (C=O) groups is 1. The van der Waals surface area contributed by atoms with Crippen molar-refractivity contribution in [3.05, 3.63) is 24.0 Å². The van der Waals surface area contributed by atoms with Gasteiger partial charge in [0.1, 0.15) is 0 Å². The second-order valence-electron chi connectivity index (χ2n) is 4.03. The summed E-state index contributed by atoms with van der Waals surface area (Å²) in [4.78, 5) is 17.9. The molecule has 0 unspecified atom stereocenters. The molecule has 0 fully saturated rings. The van der Waals surface area contributed by atoms with Gasteiger partial charge in [0, 0.05) is 18.3 Å². The lowest BCUT2D eigenvalue weighted by atomic mass is 10.2. The third-order valence-corrected chi connectivity index (χ3v) is 2.46. The zero-order valence-corrected chi connectivity index (χ0v) is 10.1. The van der Waals surface area contributed by atoms with Crippen LogP contribution in [0.3, 0.4) is 0 Å². The molecule has 88 valence electrons. The molecule has 0 saturated carbocycles. The van der Waals surface area contributed by atoms with Crippen LogP contribution in [0, 0.1) is 0 Å². The number of likely N-dealkylation sites (N-methyl/N-ethyl adjacent to an activating group) is 1. The zero-order valence-electron chi connectivity index (χ0n) is 10.1. The van der Waals surface area contributed by atoms with Gasteiger partial charge >= 0.3 is 0 Å². The smallest absolute Gasteiger partial charge is 0.228 e. The number of nitrogens with zero attached hydrogens (tertiary/aromatic N) is 2. The monoisotopic (exact) mass is 221 g/mol. The van der Waals surface area contributed by atoms with Crippen LogP contribution in [-0.2, 0) is 11.2 Å². The van der Waals surface area contributed by atoms with Crippen LogP contribution >= 0.6 is 0 Å². The molecule has 1 rings (SSSR count). The molecule has 1 heterocycles. The highest BCUT2D eigenvalue weighted by Gasteiger charge is 2.15. The van der Waals surface area contributed by atoms with E-state index in [1.807, 2.05) is 25.7 Å². The number of aromatic nitrogens is 1. The Bertz CT molecular complexity index is 346. The predicted molar refractivity (Wildman–Crippen MR) is 64.9 cm³/mol. The van der Waals surface area contributed by atoms with Crippen molar-refractivity contribution < 1.29 is 4.79 Å². The summed E-state index contributed by atoms with van der Waals surface area (Å²) in [5.74, 6) is 0.106. The molecule has 0 bridgehead atoms. The maximum atomic E-state index is 11.9. The van der Waals surface area contributed by atoms with Crippen LogP contribution in [0.2, 0.25) is 0 Å². The first-order chi connectivity index (χ1) is 7.54. The van der Waals surface area contributed by atoms with Gasteiger partial charge in [0.25, 0.3) is 0 Å². The standard InChI is InChI=1S/C12H19N3O/c1-4-15(9(2)3)12(16)7-11-6-5-10(13)8-14-11/h5-6,8-9H,4,7,13H2,1-3H3. The van der Waals surface area contributed by atoms with Crippen molar-refractivity contribution in [1.29, 1.82) is 0 Å². The third-order valence-electron chi connectivity index (χ3n) is 2.46. The Hall–Kier alpha value is -1.58. The van der Waals surface area contributed by atoms with Crippen LogP contribution in [-0.4, -0.2) is 28.4 Å². The van der Waals surface area contributed by atoms with Gasteiger partial charge in [-0.2, -0.15) is 0 Å². The number of nitrogen functional groups attached to an aromatic ring is 1. The lowest BCUT2D eigenvalue weighted by Crippen LogP contribution is -2.37. The van der Waals surface area contributed by atoms with E-state index in [2.05, 4.69) is 4.98 Å². The summed E-state index contributed by atoms with van der Waals surface area (Å²) in [5.41, 5.74) is 6.91. The molecule has 2 N–H and O–H groups in total. The number of carbonyl (C=O) groups excluding carboxylic acids is 1. The maximum Gasteiger partial charge on any atom is 0.228 e. The number of hydrogen-bond acceptors (Lipinski definition) is 3. The topological polar surface area (TPSA) is 59.2 Å². The summed E-state index contributed by atoms with van der Waals surface area (Å²) < 4.78 is 0. The first kappa shape index (κ1) is 12.5. The summed E-state index contributed by atoms with van der Waals surface area (Å²) in [5, 5.41) is 0.